The monoisotopic (exact) mass is 612 g/mol. The average Bonchev–Trinajstić information content (AvgIpc) is 3.82. The van der Waals surface area contributed by atoms with E-state index in [1.807, 2.05) is 24.3 Å². The molecule has 234 valence electrons. The molecule has 0 radical (unpaired) electrons. The molecule has 0 saturated carbocycles. The number of nitrogens with zero attached hydrogens (tertiary/aromatic N) is 1. The predicted molar refractivity (Wildman–Crippen MR) is 166 cm³/mol. The molecule has 1 saturated heterocycles. The van der Waals surface area contributed by atoms with Crippen molar-refractivity contribution in [1.29, 1.82) is 0 Å². The van der Waals surface area contributed by atoms with Gasteiger partial charge in [-0.3, -0.25) is 19.2 Å². The molecule has 4 amide bonds. The summed E-state index contributed by atoms with van der Waals surface area (Å²) in [5, 5.41) is 16.1. The summed E-state index contributed by atoms with van der Waals surface area (Å²) in [5.74, 6) is -2.23. The minimum Gasteiger partial charge on any atom is -0.508 e. The van der Waals surface area contributed by atoms with E-state index in [2.05, 4.69) is 22.2 Å². The second-order valence-corrected chi connectivity index (χ2v) is 11.2. The minimum atomic E-state index is -1.05. The first-order valence-corrected chi connectivity index (χ1v) is 14.6. The fourth-order valence-electron chi connectivity index (χ4n) is 5.57. The number of primary amides is 1. The number of aromatic nitrogens is 1. The lowest BCUT2D eigenvalue weighted by molar-refractivity contribution is -0.133. The Bertz CT molecular complexity index is 1700. The summed E-state index contributed by atoms with van der Waals surface area (Å²) < 4.78 is 5.44. The number of furan rings is 1. The highest BCUT2D eigenvalue weighted by Gasteiger charge is 2.36. The number of phenolic OH excluding ortho intramolecular Hbond substituents is 1. The maximum atomic E-state index is 13.8. The van der Waals surface area contributed by atoms with Crippen molar-refractivity contribution in [3.8, 4) is 5.75 Å². The van der Waals surface area contributed by atoms with E-state index in [4.69, 9.17) is 15.9 Å². The van der Waals surface area contributed by atoms with Crippen LogP contribution in [-0.4, -0.2) is 63.8 Å². The first-order chi connectivity index (χ1) is 21.6. The van der Waals surface area contributed by atoms with E-state index in [-0.39, 0.29) is 48.3 Å². The fraction of sp³-hybridized carbons (Fsp3) is 0.273. The number of carbonyl (C=O) groups excluding carboxylic acids is 4. The maximum absolute atomic E-state index is 13.8. The Morgan fingerprint density at radius 1 is 1.04 bits per heavy atom. The summed E-state index contributed by atoms with van der Waals surface area (Å²) in [6, 6.07) is 14.4. The number of nitrogens with two attached hydrogens (primary N) is 2. The second kappa shape index (κ2) is 13.5. The van der Waals surface area contributed by atoms with Gasteiger partial charge in [0.25, 0.3) is 0 Å². The molecule has 0 spiro atoms. The summed E-state index contributed by atoms with van der Waals surface area (Å²) in [7, 11) is 0. The number of aromatic amines is 1. The molecule has 3 heterocycles. The van der Waals surface area contributed by atoms with Crippen molar-refractivity contribution in [3.05, 3.63) is 102 Å². The van der Waals surface area contributed by atoms with E-state index in [1.165, 1.54) is 18.4 Å². The number of aromatic hydroxyl groups is 1. The molecule has 2 aromatic carbocycles. The molecule has 8 N–H and O–H groups in total. The van der Waals surface area contributed by atoms with Gasteiger partial charge in [0.15, 0.2) is 0 Å². The second-order valence-electron chi connectivity index (χ2n) is 11.2. The summed E-state index contributed by atoms with van der Waals surface area (Å²) in [5.41, 5.74) is 14.1. The van der Waals surface area contributed by atoms with Crippen LogP contribution >= 0.6 is 0 Å². The number of amides is 4. The van der Waals surface area contributed by atoms with Crippen LogP contribution in [0.3, 0.4) is 0 Å². The van der Waals surface area contributed by atoms with Gasteiger partial charge in [0.2, 0.25) is 23.6 Å². The normalized spacial score (nSPS) is 16.6. The number of carbonyl (C=O) groups is 4. The standard InChI is InChI=1S/C33H36N6O6/c1-19(30(35)41)29(28-7-4-14-45-28)38-32(43)27(16-22-17-36-26-6-3-2-5-24(22)26)37-31(42)21-12-13-39(18-21)33(44)25(34)15-20-8-10-23(40)11-9-20/h2-11,14,17,21,25,27,29,36,40H,1,12-13,15-16,18,34H2,(H2,35,41)(H,37,42)(H,38,43)/t21-,25+,27+,29+/m1/s1. The zero-order valence-corrected chi connectivity index (χ0v) is 24.6. The van der Waals surface area contributed by atoms with Crippen molar-refractivity contribution in [3.63, 3.8) is 0 Å². The highest BCUT2D eigenvalue weighted by atomic mass is 16.3. The summed E-state index contributed by atoms with van der Waals surface area (Å²) >= 11 is 0. The molecule has 1 fully saturated rings. The quantitative estimate of drug-likeness (QED) is 0.131. The Hall–Kier alpha value is -5.36. The average molecular weight is 613 g/mol. The zero-order chi connectivity index (χ0) is 32.1. The van der Waals surface area contributed by atoms with Crippen LogP contribution in [0.2, 0.25) is 0 Å². The summed E-state index contributed by atoms with van der Waals surface area (Å²) in [4.78, 5) is 57.2. The lowest BCUT2D eigenvalue weighted by Gasteiger charge is -2.24. The predicted octanol–water partition coefficient (Wildman–Crippen LogP) is 1.81. The van der Waals surface area contributed by atoms with Crippen molar-refractivity contribution in [2.45, 2.75) is 37.4 Å². The molecule has 5 rings (SSSR count). The van der Waals surface area contributed by atoms with E-state index < -0.39 is 35.9 Å². The fourth-order valence-corrected chi connectivity index (χ4v) is 5.57. The largest absolute Gasteiger partial charge is 0.508 e. The van der Waals surface area contributed by atoms with Gasteiger partial charge in [-0.15, -0.1) is 0 Å². The molecule has 12 heteroatoms. The Labute approximate surface area is 259 Å². The van der Waals surface area contributed by atoms with Gasteiger partial charge in [0, 0.05) is 42.2 Å². The third kappa shape index (κ3) is 7.24. The SMILES string of the molecule is C=C(C(N)=O)[C@H](NC(=O)[C@H](Cc1c[nH]c2ccccc12)NC(=O)[C@@H]1CCN(C(=O)[C@@H](N)Cc2ccc(O)cc2)C1)c1ccco1. The number of rotatable bonds is 12. The minimum absolute atomic E-state index is 0.0796. The molecule has 1 aliphatic heterocycles. The van der Waals surface area contributed by atoms with Gasteiger partial charge >= 0.3 is 0 Å². The molecule has 2 aromatic heterocycles. The number of phenols is 1. The molecule has 12 nitrogen and oxygen atoms in total. The molecular weight excluding hydrogens is 576 g/mol. The van der Waals surface area contributed by atoms with Gasteiger partial charge in [0.1, 0.15) is 23.6 Å². The first kappa shape index (κ1) is 31.1. The Balaban J connectivity index is 1.30. The van der Waals surface area contributed by atoms with Crippen LogP contribution in [0, 0.1) is 5.92 Å². The molecule has 0 aliphatic carbocycles. The molecule has 0 unspecified atom stereocenters. The Morgan fingerprint density at radius 2 is 1.80 bits per heavy atom. The van der Waals surface area contributed by atoms with Gasteiger partial charge in [-0.2, -0.15) is 0 Å². The smallest absolute Gasteiger partial charge is 0.246 e. The molecule has 0 bridgehead atoms. The van der Waals surface area contributed by atoms with E-state index in [1.54, 1.807) is 35.4 Å². The van der Waals surface area contributed by atoms with Crippen LogP contribution in [0.1, 0.15) is 29.3 Å². The molecule has 45 heavy (non-hydrogen) atoms. The highest BCUT2D eigenvalue weighted by Crippen LogP contribution is 2.24. The maximum Gasteiger partial charge on any atom is 0.246 e. The van der Waals surface area contributed by atoms with E-state index >= 15 is 0 Å². The zero-order valence-electron chi connectivity index (χ0n) is 24.6. The molecular formula is C33H36N6O6. The summed E-state index contributed by atoms with van der Waals surface area (Å²) in [6.45, 7) is 4.23. The van der Waals surface area contributed by atoms with Crippen molar-refractivity contribution < 1.29 is 28.7 Å². The van der Waals surface area contributed by atoms with Gasteiger partial charge in [-0.05, 0) is 54.3 Å². The van der Waals surface area contributed by atoms with Crippen molar-refractivity contribution in [1.82, 2.24) is 20.5 Å². The van der Waals surface area contributed by atoms with Gasteiger partial charge in [-0.1, -0.05) is 36.9 Å². The number of H-pyrrole nitrogens is 1. The van der Waals surface area contributed by atoms with Crippen LogP contribution in [0.25, 0.3) is 10.9 Å². The number of likely N-dealkylation sites (tertiary alicyclic amines) is 1. The molecule has 1 aliphatic rings. The third-order valence-electron chi connectivity index (χ3n) is 8.09. The lowest BCUT2D eigenvalue weighted by atomic mass is 10.0. The van der Waals surface area contributed by atoms with Gasteiger partial charge in [-0.25, -0.2) is 0 Å². The Morgan fingerprint density at radius 3 is 2.51 bits per heavy atom. The number of hydrogen-bond acceptors (Lipinski definition) is 7. The number of fused-ring (bicyclic) bond motifs is 1. The summed E-state index contributed by atoms with van der Waals surface area (Å²) in [6.07, 6.45) is 4.01. The highest BCUT2D eigenvalue weighted by molar-refractivity contribution is 5.95. The van der Waals surface area contributed by atoms with Crippen LogP contribution in [0.15, 0.2) is 89.7 Å². The number of hydrogen-bond donors (Lipinski definition) is 6. The van der Waals surface area contributed by atoms with Crippen LogP contribution < -0.4 is 22.1 Å². The molecule has 4 aromatic rings. The van der Waals surface area contributed by atoms with Gasteiger partial charge < -0.3 is 41.5 Å². The topological polar surface area (TPSA) is 197 Å². The van der Waals surface area contributed by atoms with Crippen molar-refractivity contribution >= 4 is 34.5 Å². The van der Waals surface area contributed by atoms with Gasteiger partial charge in [0.05, 0.1) is 18.2 Å². The van der Waals surface area contributed by atoms with Crippen molar-refractivity contribution in [2.24, 2.45) is 17.4 Å². The van der Waals surface area contributed by atoms with Crippen LogP contribution in [0.4, 0.5) is 0 Å². The van der Waals surface area contributed by atoms with Crippen LogP contribution in [0.5, 0.6) is 5.75 Å². The third-order valence-corrected chi connectivity index (χ3v) is 8.09. The van der Waals surface area contributed by atoms with E-state index in [9.17, 15) is 24.3 Å². The van der Waals surface area contributed by atoms with E-state index in [0.29, 0.717) is 13.0 Å². The first-order valence-electron chi connectivity index (χ1n) is 14.6. The Kier molecular flexibility index (Phi) is 9.33. The lowest BCUT2D eigenvalue weighted by Crippen LogP contribution is -2.51. The van der Waals surface area contributed by atoms with Crippen molar-refractivity contribution in [2.75, 3.05) is 13.1 Å². The number of nitrogens with one attached hydrogen (secondary N) is 3. The molecule has 4 atom stereocenters. The number of para-hydroxylation sites is 1. The number of benzene rings is 2. The van der Waals surface area contributed by atoms with Crippen LogP contribution in [-0.2, 0) is 32.0 Å². The van der Waals surface area contributed by atoms with E-state index in [0.717, 1.165) is 22.0 Å².